The van der Waals surface area contributed by atoms with E-state index in [9.17, 15) is 0 Å². The van der Waals surface area contributed by atoms with Gasteiger partial charge in [-0.05, 0) is 40.2 Å². The third kappa shape index (κ3) is 3.61. The van der Waals surface area contributed by atoms with Gasteiger partial charge in [0.05, 0.1) is 24.4 Å². The number of halogens is 1. The maximum atomic E-state index is 5.70. The van der Waals surface area contributed by atoms with Gasteiger partial charge in [0.25, 0.3) is 0 Å². The smallest absolute Gasteiger partial charge is 0.134 e. The molecule has 0 spiro atoms. The Balaban J connectivity index is 2.05. The van der Waals surface area contributed by atoms with E-state index in [1.54, 1.807) is 26.5 Å². The van der Waals surface area contributed by atoms with Crippen molar-refractivity contribution in [3.63, 3.8) is 0 Å². The van der Waals surface area contributed by atoms with Gasteiger partial charge < -0.3 is 14.2 Å². The summed E-state index contributed by atoms with van der Waals surface area (Å²) < 4.78 is 16.8. The van der Waals surface area contributed by atoms with Crippen LogP contribution in [-0.2, 0) is 6.61 Å². The fourth-order valence-corrected chi connectivity index (χ4v) is 2.01. The SMILES string of the molecule is COc1ccnc(COc2ccc(OC)cc2Br)c1. The van der Waals surface area contributed by atoms with Gasteiger partial charge in [0, 0.05) is 12.3 Å². The van der Waals surface area contributed by atoms with E-state index in [0.717, 1.165) is 27.4 Å². The van der Waals surface area contributed by atoms with E-state index in [0.29, 0.717) is 6.61 Å². The summed E-state index contributed by atoms with van der Waals surface area (Å²) in [5.74, 6) is 2.28. The Morgan fingerprint density at radius 1 is 1.05 bits per heavy atom. The zero-order chi connectivity index (χ0) is 13.7. The van der Waals surface area contributed by atoms with Crippen LogP contribution in [0.3, 0.4) is 0 Å². The highest BCUT2D eigenvalue weighted by atomic mass is 79.9. The van der Waals surface area contributed by atoms with Crippen molar-refractivity contribution in [1.82, 2.24) is 4.98 Å². The summed E-state index contributed by atoms with van der Waals surface area (Å²) in [5.41, 5.74) is 0.807. The monoisotopic (exact) mass is 323 g/mol. The number of hydrogen-bond acceptors (Lipinski definition) is 4. The molecule has 0 fully saturated rings. The summed E-state index contributed by atoms with van der Waals surface area (Å²) in [6.45, 7) is 0.377. The van der Waals surface area contributed by atoms with Gasteiger partial charge in [-0.2, -0.15) is 0 Å². The number of benzene rings is 1. The Kier molecular flexibility index (Phi) is 4.63. The van der Waals surface area contributed by atoms with E-state index < -0.39 is 0 Å². The van der Waals surface area contributed by atoms with E-state index in [1.807, 2.05) is 24.3 Å². The lowest BCUT2D eigenvalue weighted by Crippen LogP contribution is -1.99. The van der Waals surface area contributed by atoms with Crippen LogP contribution in [0.1, 0.15) is 5.69 Å². The minimum absolute atomic E-state index is 0.377. The maximum absolute atomic E-state index is 5.70. The average molecular weight is 324 g/mol. The van der Waals surface area contributed by atoms with Gasteiger partial charge in [-0.3, -0.25) is 4.98 Å². The van der Waals surface area contributed by atoms with Crippen molar-refractivity contribution in [2.24, 2.45) is 0 Å². The molecule has 4 nitrogen and oxygen atoms in total. The molecule has 100 valence electrons. The van der Waals surface area contributed by atoms with Crippen molar-refractivity contribution in [3.05, 3.63) is 46.7 Å². The highest BCUT2D eigenvalue weighted by Crippen LogP contribution is 2.29. The summed E-state index contributed by atoms with van der Waals surface area (Å²) >= 11 is 3.44. The normalized spacial score (nSPS) is 10.1. The molecule has 2 aromatic rings. The first-order chi connectivity index (χ1) is 9.22. The largest absolute Gasteiger partial charge is 0.497 e. The molecular weight excluding hydrogens is 310 g/mol. The van der Waals surface area contributed by atoms with Gasteiger partial charge in [0.1, 0.15) is 23.9 Å². The summed E-state index contributed by atoms with van der Waals surface area (Å²) in [6, 6.07) is 9.20. The number of ether oxygens (including phenoxy) is 3. The second-order valence-corrected chi connectivity index (χ2v) is 4.63. The molecule has 2 rings (SSSR count). The van der Waals surface area contributed by atoms with Crippen molar-refractivity contribution < 1.29 is 14.2 Å². The summed E-state index contributed by atoms with van der Waals surface area (Å²) in [6.07, 6.45) is 1.70. The average Bonchev–Trinajstić information content (AvgIpc) is 2.46. The third-order valence-electron chi connectivity index (χ3n) is 2.54. The van der Waals surface area contributed by atoms with Crippen molar-refractivity contribution in [1.29, 1.82) is 0 Å². The number of nitrogens with zero attached hydrogens (tertiary/aromatic N) is 1. The number of pyridine rings is 1. The molecular formula is C14H14BrNO3. The molecule has 0 aliphatic carbocycles. The Hall–Kier alpha value is -1.75. The Morgan fingerprint density at radius 3 is 2.47 bits per heavy atom. The first-order valence-electron chi connectivity index (χ1n) is 5.68. The summed E-state index contributed by atoms with van der Waals surface area (Å²) in [4.78, 5) is 4.22. The molecule has 0 aliphatic rings. The van der Waals surface area contributed by atoms with Crippen molar-refractivity contribution in [2.75, 3.05) is 14.2 Å². The maximum Gasteiger partial charge on any atom is 0.134 e. The molecule has 1 heterocycles. The highest BCUT2D eigenvalue weighted by Gasteiger charge is 2.04. The molecule has 0 unspecified atom stereocenters. The fourth-order valence-electron chi connectivity index (χ4n) is 1.54. The van der Waals surface area contributed by atoms with Gasteiger partial charge in [-0.25, -0.2) is 0 Å². The second kappa shape index (κ2) is 6.43. The molecule has 0 atom stereocenters. The Labute approximate surface area is 120 Å². The van der Waals surface area contributed by atoms with E-state index in [1.165, 1.54) is 0 Å². The van der Waals surface area contributed by atoms with Crippen LogP contribution in [0.2, 0.25) is 0 Å². The van der Waals surface area contributed by atoms with Crippen LogP contribution in [0.25, 0.3) is 0 Å². The number of aromatic nitrogens is 1. The molecule has 0 bridgehead atoms. The van der Waals surface area contributed by atoms with E-state index in [-0.39, 0.29) is 0 Å². The zero-order valence-electron chi connectivity index (χ0n) is 10.7. The Morgan fingerprint density at radius 2 is 1.79 bits per heavy atom. The molecule has 0 N–H and O–H groups in total. The topological polar surface area (TPSA) is 40.6 Å². The van der Waals surface area contributed by atoms with Gasteiger partial charge in [-0.1, -0.05) is 0 Å². The van der Waals surface area contributed by atoms with E-state index in [4.69, 9.17) is 14.2 Å². The van der Waals surface area contributed by atoms with Gasteiger partial charge >= 0.3 is 0 Å². The van der Waals surface area contributed by atoms with Crippen LogP contribution in [0.15, 0.2) is 41.0 Å². The van der Waals surface area contributed by atoms with Crippen LogP contribution < -0.4 is 14.2 Å². The lowest BCUT2D eigenvalue weighted by molar-refractivity contribution is 0.297. The highest BCUT2D eigenvalue weighted by molar-refractivity contribution is 9.10. The van der Waals surface area contributed by atoms with Crippen molar-refractivity contribution >= 4 is 15.9 Å². The van der Waals surface area contributed by atoms with E-state index in [2.05, 4.69) is 20.9 Å². The lowest BCUT2D eigenvalue weighted by Gasteiger charge is -2.09. The van der Waals surface area contributed by atoms with Gasteiger partial charge in [0.15, 0.2) is 0 Å². The molecule has 0 saturated carbocycles. The minimum atomic E-state index is 0.377. The first kappa shape index (κ1) is 13.7. The van der Waals surface area contributed by atoms with Crippen molar-refractivity contribution in [3.8, 4) is 17.2 Å². The van der Waals surface area contributed by atoms with Crippen LogP contribution in [0.5, 0.6) is 17.2 Å². The summed E-state index contributed by atoms with van der Waals surface area (Å²) in [7, 11) is 3.25. The van der Waals surface area contributed by atoms with E-state index >= 15 is 0 Å². The zero-order valence-corrected chi connectivity index (χ0v) is 12.3. The van der Waals surface area contributed by atoms with Crippen LogP contribution in [0.4, 0.5) is 0 Å². The van der Waals surface area contributed by atoms with Crippen LogP contribution in [0, 0.1) is 0 Å². The minimum Gasteiger partial charge on any atom is -0.497 e. The standard InChI is InChI=1S/C14H14BrNO3/c1-17-11-3-4-14(13(15)8-11)19-9-10-7-12(18-2)5-6-16-10/h3-8H,9H2,1-2H3. The van der Waals surface area contributed by atoms with Crippen molar-refractivity contribution in [2.45, 2.75) is 6.61 Å². The molecule has 1 aromatic heterocycles. The van der Waals surface area contributed by atoms with Gasteiger partial charge in [-0.15, -0.1) is 0 Å². The number of methoxy groups -OCH3 is 2. The third-order valence-corrected chi connectivity index (χ3v) is 3.16. The van der Waals surface area contributed by atoms with Gasteiger partial charge in [0.2, 0.25) is 0 Å². The second-order valence-electron chi connectivity index (χ2n) is 3.77. The molecule has 19 heavy (non-hydrogen) atoms. The first-order valence-corrected chi connectivity index (χ1v) is 6.47. The molecule has 0 radical (unpaired) electrons. The molecule has 0 aliphatic heterocycles. The quantitative estimate of drug-likeness (QED) is 0.845. The number of rotatable bonds is 5. The lowest BCUT2D eigenvalue weighted by atomic mass is 10.3. The summed E-state index contributed by atoms with van der Waals surface area (Å²) in [5, 5.41) is 0. The molecule has 0 amide bonds. The molecule has 0 saturated heterocycles. The number of hydrogen-bond donors (Lipinski definition) is 0. The fraction of sp³-hybridized carbons (Fsp3) is 0.214. The Bertz CT molecular complexity index is 560. The predicted octanol–water partition coefficient (Wildman–Crippen LogP) is 3.44. The van der Waals surface area contributed by atoms with Crippen LogP contribution in [-0.4, -0.2) is 19.2 Å². The predicted molar refractivity (Wildman–Crippen MR) is 75.8 cm³/mol. The van der Waals surface area contributed by atoms with Crippen LogP contribution >= 0.6 is 15.9 Å². The molecule has 1 aromatic carbocycles. The molecule has 5 heteroatoms.